The number of carbonyl (C=O) groups is 3. The molecule has 0 aliphatic heterocycles. The molecule has 3 aromatic carbocycles. The van der Waals surface area contributed by atoms with E-state index < -0.39 is 6.16 Å². The van der Waals surface area contributed by atoms with E-state index in [-0.39, 0.29) is 24.2 Å². The van der Waals surface area contributed by atoms with Gasteiger partial charge in [0.05, 0.1) is 6.61 Å². The number of hydrogen-bond donors (Lipinski definition) is 2. The van der Waals surface area contributed by atoms with E-state index in [0.29, 0.717) is 22.5 Å². The van der Waals surface area contributed by atoms with Crippen LogP contribution in [0.25, 0.3) is 0 Å². The van der Waals surface area contributed by atoms with Crippen LogP contribution in [-0.4, -0.2) is 24.6 Å². The number of carbonyl (C=O) groups excluding carboxylic acids is 3. The SMILES string of the molecule is CCOC(=O)Oc1ccc(C(=O)Nc2cccc(NC(=O)c3ccc(C)c(C)c3)c2)cc1. The molecule has 2 amide bonds. The predicted octanol–water partition coefficient (Wildman–Crippen LogP) is 5.34. The number of anilines is 2. The Morgan fingerprint density at radius 3 is 1.94 bits per heavy atom. The highest BCUT2D eigenvalue weighted by atomic mass is 16.7. The smallest absolute Gasteiger partial charge is 0.434 e. The molecule has 7 nitrogen and oxygen atoms in total. The van der Waals surface area contributed by atoms with Crippen LogP contribution in [0.5, 0.6) is 5.75 Å². The first-order valence-electron chi connectivity index (χ1n) is 10.1. The zero-order valence-electron chi connectivity index (χ0n) is 18.1. The van der Waals surface area contributed by atoms with Crippen LogP contribution in [-0.2, 0) is 4.74 Å². The van der Waals surface area contributed by atoms with Crippen LogP contribution in [0.15, 0.2) is 66.7 Å². The maximum Gasteiger partial charge on any atom is 0.513 e. The topological polar surface area (TPSA) is 93.7 Å². The summed E-state index contributed by atoms with van der Waals surface area (Å²) < 4.78 is 9.69. The Morgan fingerprint density at radius 1 is 0.750 bits per heavy atom. The van der Waals surface area contributed by atoms with Gasteiger partial charge in [-0.2, -0.15) is 0 Å². The average molecular weight is 432 g/mol. The van der Waals surface area contributed by atoms with Crippen LogP contribution >= 0.6 is 0 Å². The molecule has 32 heavy (non-hydrogen) atoms. The monoisotopic (exact) mass is 432 g/mol. The summed E-state index contributed by atoms with van der Waals surface area (Å²) in [6.07, 6.45) is -0.802. The lowest BCUT2D eigenvalue weighted by Gasteiger charge is -2.10. The standard InChI is InChI=1S/C25H24N2O5/c1-4-31-25(30)32-22-12-10-18(11-13-22)23(28)26-20-6-5-7-21(15-20)27-24(29)19-9-8-16(2)17(3)14-19/h5-15H,4H2,1-3H3,(H,26,28)(H,27,29). The third-order valence-electron chi connectivity index (χ3n) is 4.73. The van der Waals surface area contributed by atoms with Gasteiger partial charge >= 0.3 is 6.16 Å². The van der Waals surface area contributed by atoms with Gasteiger partial charge in [0.15, 0.2) is 0 Å². The predicted molar refractivity (Wildman–Crippen MR) is 122 cm³/mol. The van der Waals surface area contributed by atoms with E-state index in [1.807, 2.05) is 26.0 Å². The van der Waals surface area contributed by atoms with Gasteiger partial charge in [-0.05, 0) is 86.5 Å². The molecule has 2 N–H and O–H groups in total. The van der Waals surface area contributed by atoms with Crippen LogP contribution in [0, 0.1) is 13.8 Å². The second-order valence-corrected chi connectivity index (χ2v) is 7.10. The lowest BCUT2D eigenvalue weighted by Crippen LogP contribution is -2.14. The Morgan fingerprint density at radius 2 is 1.34 bits per heavy atom. The van der Waals surface area contributed by atoms with Gasteiger partial charge in [-0.3, -0.25) is 9.59 Å². The zero-order valence-corrected chi connectivity index (χ0v) is 18.1. The number of ether oxygens (including phenoxy) is 2. The number of amides is 2. The third-order valence-corrected chi connectivity index (χ3v) is 4.73. The summed E-state index contributed by atoms with van der Waals surface area (Å²) in [6, 6.07) is 18.5. The molecule has 3 rings (SSSR count). The van der Waals surface area contributed by atoms with Crippen molar-refractivity contribution in [3.63, 3.8) is 0 Å². The molecule has 7 heteroatoms. The lowest BCUT2D eigenvalue weighted by atomic mass is 10.1. The molecular formula is C25H24N2O5. The van der Waals surface area contributed by atoms with E-state index in [2.05, 4.69) is 10.6 Å². The van der Waals surface area contributed by atoms with Gasteiger partial charge < -0.3 is 20.1 Å². The van der Waals surface area contributed by atoms with Gasteiger partial charge in [0.1, 0.15) is 5.75 Å². The molecule has 0 aliphatic carbocycles. The molecule has 0 aromatic heterocycles. The van der Waals surface area contributed by atoms with Crippen molar-refractivity contribution >= 4 is 29.3 Å². The van der Waals surface area contributed by atoms with Crippen molar-refractivity contribution in [1.82, 2.24) is 0 Å². The van der Waals surface area contributed by atoms with E-state index in [4.69, 9.17) is 9.47 Å². The first kappa shape index (κ1) is 22.6. The van der Waals surface area contributed by atoms with Gasteiger partial charge in [0, 0.05) is 22.5 Å². The number of benzene rings is 3. The van der Waals surface area contributed by atoms with E-state index in [1.54, 1.807) is 37.3 Å². The molecule has 0 bridgehead atoms. The van der Waals surface area contributed by atoms with Gasteiger partial charge in [-0.15, -0.1) is 0 Å². The lowest BCUT2D eigenvalue weighted by molar-refractivity contribution is 0.101. The van der Waals surface area contributed by atoms with Crippen LogP contribution < -0.4 is 15.4 Å². The molecule has 0 radical (unpaired) electrons. The van der Waals surface area contributed by atoms with Crippen molar-refractivity contribution in [1.29, 1.82) is 0 Å². The summed E-state index contributed by atoms with van der Waals surface area (Å²) >= 11 is 0. The van der Waals surface area contributed by atoms with Gasteiger partial charge in [0.2, 0.25) is 0 Å². The Hall–Kier alpha value is -4.13. The Bertz CT molecular complexity index is 1140. The summed E-state index contributed by atoms with van der Waals surface area (Å²) in [4.78, 5) is 36.4. The Balaban J connectivity index is 1.63. The second-order valence-electron chi connectivity index (χ2n) is 7.10. The Labute approximate surface area is 186 Å². The van der Waals surface area contributed by atoms with Crippen molar-refractivity contribution < 1.29 is 23.9 Å². The van der Waals surface area contributed by atoms with Crippen molar-refractivity contribution in [2.24, 2.45) is 0 Å². The minimum absolute atomic E-state index is 0.212. The van der Waals surface area contributed by atoms with E-state index in [0.717, 1.165) is 11.1 Å². The maximum absolute atomic E-state index is 12.5. The number of rotatable bonds is 6. The summed E-state index contributed by atoms with van der Waals surface area (Å²) in [5, 5.41) is 5.63. The summed E-state index contributed by atoms with van der Waals surface area (Å²) in [6.45, 7) is 5.84. The third kappa shape index (κ3) is 5.95. The number of nitrogens with one attached hydrogen (secondary N) is 2. The van der Waals surface area contributed by atoms with Crippen molar-refractivity contribution in [2.45, 2.75) is 20.8 Å². The first-order valence-corrected chi connectivity index (χ1v) is 10.1. The van der Waals surface area contributed by atoms with E-state index >= 15 is 0 Å². The highest BCUT2D eigenvalue weighted by Crippen LogP contribution is 2.19. The van der Waals surface area contributed by atoms with E-state index in [1.165, 1.54) is 24.3 Å². The van der Waals surface area contributed by atoms with Crippen LogP contribution in [0.2, 0.25) is 0 Å². The van der Waals surface area contributed by atoms with Crippen LogP contribution in [0.3, 0.4) is 0 Å². The summed E-state index contributed by atoms with van der Waals surface area (Å²) in [5.41, 5.74) is 4.19. The molecule has 0 heterocycles. The van der Waals surface area contributed by atoms with Crippen molar-refractivity contribution in [3.8, 4) is 5.75 Å². The summed E-state index contributed by atoms with van der Waals surface area (Å²) in [5.74, 6) is -0.296. The molecule has 0 spiro atoms. The normalized spacial score (nSPS) is 10.2. The van der Waals surface area contributed by atoms with E-state index in [9.17, 15) is 14.4 Å². The van der Waals surface area contributed by atoms with Crippen LogP contribution in [0.4, 0.5) is 16.2 Å². The average Bonchev–Trinajstić information content (AvgIpc) is 2.76. The molecule has 3 aromatic rings. The largest absolute Gasteiger partial charge is 0.513 e. The van der Waals surface area contributed by atoms with Crippen molar-refractivity contribution in [3.05, 3.63) is 89.0 Å². The fourth-order valence-electron chi connectivity index (χ4n) is 2.88. The van der Waals surface area contributed by atoms with Gasteiger partial charge in [-0.1, -0.05) is 12.1 Å². The quantitative estimate of drug-likeness (QED) is 0.405. The minimum atomic E-state index is -0.802. The van der Waals surface area contributed by atoms with Crippen molar-refractivity contribution in [2.75, 3.05) is 17.2 Å². The molecule has 0 atom stereocenters. The fourth-order valence-corrected chi connectivity index (χ4v) is 2.88. The summed E-state index contributed by atoms with van der Waals surface area (Å²) in [7, 11) is 0. The van der Waals surface area contributed by atoms with Gasteiger partial charge in [-0.25, -0.2) is 4.79 Å². The number of aryl methyl sites for hydroxylation is 2. The first-order chi connectivity index (χ1) is 15.4. The highest BCUT2D eigenvalue weighted by molar-refractivity contribution is 6.06. The van der Waals surface area contributed by atoms with Gasteiger partial charge in [0.25, 0.3) is 11.8 Å². The highest BCUT2D eigenvalue weighted by Gasteiger charge is 2.11. The molecule has 0 fully saturated rings. The molecular weight excluding hydrogens is 408 g/mol. The molecule has 164 valence electrons. The number of hydrogen-bond acceptors (Lipinski definition) is 5. The molecule has 0 unspecified atom stereocenters. The molecule has 0 saturated carbocycles. The molecule has 0 saturated heterocycles. The second kappa shape index (κ2) is 10.3. The maximum atomic E-state index is 12.5. The zero-order chi connectivity index (χ0) is 23.1. The minimum Gasteiger partial charge on any atom is -0.434 e. The molecule has 0 aliphatic rings. The fraction of sp³-hybridized carbons (Fsp3) is 0.160. The Kier molecular flexibility index (Phi) is 7.23. The van der Waals surface area contributed by atoms with Crippen LogP contribution in [0.1, 0.15) is 38.8 Å².